The lowest BCUT2D eigenvalue weighted by Gasteiger charge is -2.06. The standard InChI is InChI=1S/C15H15ClN2O2.ClH/c1-2-20-15-9-11(3-8-14(15)19)10-17-18-13-6-4-12(16)5-7-13;/h3-10,18-19H,2H2,1H3;1H. The molecule has 2 rings (SSSR count). The summed E-state index contributed by atoms with van der Waals surface area (Å²) < 4.78 is 5.31. The van der Waals surface area contributed by atoms with Gasteiger partial charge in [0.2, 0.25) is 0 Å². The van der Waals surface area contributed by atoms with E-state index in [2.05, 4.69) is 10.5 Å². The molecule has 2 aromatic carbocycles. The Morgan fingerprint density at radius 1 is 1.24 bits per heavy atom. The van der Waals surface area contributed by atoms with Crippen LogP contribution >= 0.6 is 24.0 Å². The number of rotatable bonds is 5. The van der Waals surface area contributed by atoms with Gasteiger partial charge < -0.3 is 9.84 Å². The van der Waals surface area contributed by atoms with E-state index in [0.717, 1.165) is 11.3 Å². The molecule has 0 fully saturated rings. The van der Waals surface area contributed by atoms with Crippen molar-refractivity contribution in [1.82, 2.24) is 0 Å². The van der Waals surface area contributed by atoms with Crippen LogP contribution in [0.3, 0.4) is 0 Å². The highest BCUT2D eigenvalue weighted by atomic mass is 35.5. The van der Waals surface area contributed by atoms with Crippen LogP contribution in [0.4, 0.5) is 5.69 Å². The molecule has 112 valence electrons. The van der Waals surface area contributed by atoms with E-state index in [1.165, 1.54) is 0 Å². The Hall–Kier alpha value is -1.91. The summed E-state index contributed by atoms with van der Waals surface area (Å²) in [5.74, 6) is 0.567. The van der Waals surface area contributed by atoms with Crippen molar-refractivity contribution in [3.63, 3.8) is 0 Å². The zero-order chi connectivity index (χ0) is 14.4. The molecule has 0 radical (unpaired) electrons. The second-order valence-corrected chi connectivity index (χ2v) is 4.47. The summed E-state index contributed by atoms with van der Waals surface area (Å²) in [4.78, 5) is 0. The summed E-state index contributed by atoms with van der Waals surface area (Å²) in [5, 5.41) is 14.4. The first kappa shape index (κ1) is 17.1. The fraction of sp³-hybridized carbons (Fsp3) is 0.133. The highest BCUT2D eigenvalue weighted by molar-refractivity contribution is 6.30. The van der Waals surface area contributed by atoms with Crippen molar-refractivity contribution in [2.24, 2.45) is 5.10 Å². The van der Waals surface area contributed by atoms with Gasteiger partial charge in [0.05, 0.1) is 18.5 Å². The third kappa shape index (κ3) is 5.17. The molecule has 4 nitrogen and oxygen atoms in total. The minimum Gasteiger partial charge on any atom is -0.504 e. The number of hydrazone groups is 1. The van der Waals surface area contributed by atoms with Gasteiger partial charge in [0.25, 0.3) is 0 Å². The average molecular weight is 327 g/mol. The molecule has 0 spiro atoms. The lowest BCUT2D eigenvalue weighted by molar-refractivity contribution is 0.318. The van der Waals surface area contributed by atoms with Crippen molar-refractivity contribution >= 4 is 35.9 Å². The van der Waals surface area contributed by atoms with Gasteiger partial charge in [-0.3, -0.25) is 5.43 Å². The number of aromatic hydroxyl groups is 1. The molecule has 0 saturated heterocycles. The third-order valence-corrected chi connectivity index (χ3v) is 2.79. The summed E-state index contributed by atoms with van der Waals surface area (Å²) in [6, 6.07) is 12.3. The molecule has 21 heavy (non-hydrogen) atoms. The number of hydrogen-bond donors (Lipinski definition) is 2. The van der Waals surface area contributed by atoms with Crippen LogP contribution in [0.2, 0.25) is 5.02 Å². The summed E-state index contributed by atoms with van der Waals surface area (Å²) in [6.07, 6.45) is 1.65. The van der Waals surface area contributed by atoms with Gasteiger partial charge in [0, 0.05) is 5.02 Å². The van der Waals surface area contributed by atoms with Gasteiger partial charge in [-0.25, -0.2) is 0 Å². The van der Waals surface area contributed by atoms with Gasteiger partial charge in [-0.2, -0.15) is 5.10 Å². The number of phenolic OH excluding ortho intramolecular Hbond substituents is 1. The summed E-state index contributed by atoms with van der Waals surface area (Å²) in [6.45, 7) is 2.36. The van der Waals surface area contributed by atoms with Gasteiger partial charge in [0.1, 0.15) is 0 Å². The Labute approximate surface area is 134 Å². The molecule has 0 saturated carbocycles. The predicted octanol–water partition coefficient (Wildman–Crippen LogP) is 4.31. The largest absolute Gasteiger partial charge is 0.504 e. The van der Waals surface area contributed by atoms with E-state index in [-0.39, 0.29) is 18.2 Å². The van der Waals surface area contributed by atoms with Crippen molar-refractivity contribution in [3.8, 4) is 11.5 Å². The number of benzene rings is 2. The minimum absolute atomic E-state index is 0. The molecular weight excluding hydrogens is 311 g/mol. The summed E-state index contributed by atoms with van der Waals surface area (Å²) in [7, 11) is 0. The Morgan fingerprint density at radius 3 is 2.62 bits per heavy atom. The fourth-order valence-corrected chi connectivity index (χ4v) is 1.71. The number of anilines is 1. The van der Waals surface area contributed by atoms with Gasteiger partial charge in [-0.1, -0.05) is 11.6 Å². The maximum atomic E-state index is 9.60. The van der Waals surface area contributed by atoms with E-state index in [1.807, 2.05) is 19.1 Å². The number of hydrogen-bond acceptors (Lipinski definition) is 4. The van der Waals surface area contributed by atoms with Gasteiger partial charge in [0.15, 0.2) is 11.5 Å². The molecule has 0 bridgehead atoms. The molecule has 6 heteroatoms. The Bertz CT molecular complexity index is 601. The predicted molar refractivity (Wildman–Crippen MR) is 89.2 cm³/mol. The molecular formula is C15H16Cl2N2O2. The van der Waals surface area contributed by atoms with E-state index >= 15 is 0 Å². The zero-order valence-electron chi connectivity index (χ0n) is 11.4. The van der Waals surface area contributed by atoms with Crippen molar-refractivity contribution in [1.29, 1.82) is 0 Å². The Balaban J connectivity index is 0.00000220. The van der Waals surface area contributed by atoms with Crippen molar-refractivity contribution in [2.75, 3.05) is 12.0 Å². The van der Waals surface area contributed by atoms with Gasteiger partial charge in [-0.05, 0) is 55.0 Å². The number of ether oxygens (including phenoxy) is 1. The first-order valence-electron chi connectivity index (χ1n) is 6.19. The molecule has 0 atom stereocenters. The number of nitrogens with one attached hydrogen (secondary N) is 1. The molecule has 0 aliphatic heterocycles. The van der Waals surface area contributed by atoms with Crippen molar-refractivity contribution in [3.05, 3.63) is 53.1 Å². The van der Waals surface area contributed by atoms with E-state index in [0.29, 0.717) is 17.4 Å². The van der Waals surface area contributed by atoms with E-state index < -0.39 is 0 Å². The second kappa shape index (κ2) is 8.39. The zero-order valence-corrected chi connectivity index (χ0v) is 13.0. The number of halogens is 2. The molecule has 0 aromatic heterocycles. The first-order valence-corrected chi connectivity index (χ1v) is 6.57. The monoisotopic (exact) mass is 326 g/mol. The lowest BCUT2D eigenvalue weighted by atomic mass is 10.2. The van der Waals surface area contributed by atoms with E-state index in [1.54, 1.807) is 36.5 Å². The van der Waals surface area contributed by atoms with Gasteiger partial charge >= 0.3 is 0 Å². The molecule has 2 N–H and O–H groups in total. The number of nitrogens with zero attached hydrogens (tertiary/aromatic N) is 1. The second-order valence-electron chi connectivity index (χ2n) is 4.04. The maximum absolute atomic E-state index is 9.60. The Morgan fingerprint density at radius 2 is 1.95 bits per heavy atom. The third-order valence-electron chi connectivity index (χ3n) is 2.54. The molecule has 0 unspecified atom stereocenters. The fourth-order valence-electron chi connectivity index (χ4n) is 1.59. The van der Waals surface area contributed by atoms with Crippen LogP contribution in [-0.4, -0.2) is 17.9 Å². The van der Waals surface area contributed by atoms with E-state index in [9.17, 15) is 5.11 Å². The van der Waals surface area contributed by atoms with Crippen LogP contribution in [-0.2, 0) is 0 Å². The summed E-state index contributed by atoms with van der Waals surface area (Å²) >= 11 is 5.80. The first-order chi connectivity index (χ1) is 9.69. The van der Waals surface area contributed by atoms with Crippen LogP contribution in [0.15, 0.2) is 47.6 Å². The van der Waals surface area contributed by atoms with Crippen LogP contribution in [0.1, 0.15) is 12.5 Å². The van der Waals surface area contributed by atoms with Crippen LogP contribution < -0.4 is 10.2 Å². The molecule has 0 heterocycles. The molecule has 0 amide bonds. The minimum atomic E-state index is 0. The molecule has 0 aliphatic carbocycles. The van der Waals surface area contributed by atoms with Gasteiger partial charge in [-0.15, -0.1) is 12.4 Å². The summed E-state index contributed by atoms with van der Waals surface area (Å²) in [5.41, 5.74) is 4.56. The van der Waals surface area contributed by atoms with E-state index in [4.69, 9.17) is 16.3 Å². The van der Waals surface area contributed by atoms with Crippen molar-refractivity contribution in [2.45, 2.75) is 6.92 Å². The SMILES string of the molecule is CCOc1cc(C=NNc2ccc(Cl)cc2)ccc1O.Cl. The molecule has 2 aromatic rings. The van der Waals surface area contributed by atoms with Crippen LogP contribution in [0, 0.1) is 0 Å². The number of phenols is 1. The van der Waals surface area contributed by atoms with Crippen molar-refractivity contribution < 1.29 is 9.84 Å². The topological polar surface area (TPSA) is 53.8 Å². The lowest BCUT2D eigenvalue weighted by Crippen LogP contribution is -1.94. The highest BCUT2D eigenvalue weighted by Gasteiger charge is 2.01. The maximum Gasteiger partial charge on any atom is 0.161 e. The Kier molecular flexibility index (Phi) is 6.85. The smallest absolute Gasteiger partial charge is 0.161 e. The average Bonchev–Trinajstić information content (AvgIpc) is 2.45. The quantitative estimate of drug-likeness (QED) is 0.635. The normalized spacial score (nSPS) is 10.2. The highest BCUT2D eigenvalue weighted by Crippen LogP contribution is 2.26. The molecule has 0 aliphatic rings. The van der Waals surface area contributed by atoms with Crippen LogP contribution in [0.25, 0.3) is 0 Å². The van der Waals surface area contributed by atoms with Crippen LogP contribution in [0.5, 0.6) is 11.5 Å².